The molecule has 146 valence electrons. The minimum Gasteiger partial charge on any atom is -0.379 e. The summed E-state index contributed by atoms with van der Waals surface area (Å²) in [5.41, 5.74) is 1.39. The molecule has 9 heteroatoms. The van der Waals surface area contributed by atoms with Crippen molar-refractivity contribution in [2.45, 2.75) is 4.90 Å². The molecule has 0 amide bonds. The molecule has 0 radical (unpaired) electrons. The molecule has 1 aliphatic heterocycles. The van der Waals surface area contributed by atoms with E-state index in [1.54, 1.807) is 24.3 Å². The van der Waals surface area contributed by atoms with Crippen LogP contribution in [0.5, 0.6) is 0 Å². The summed E-state index contributed by atoms with van der Waals surface area (Å²) in [6, 6.07) is 12.3. The van der Waals surface area contributed by atoms with Crippen LogP contribution in [0.3, 0.4) is 0 Å². The van der Waals surface area contributed by atoms with E-state index >= 15 is 0 Å². The number of hydrogen-bond donors (Lipinski definition) is 2. The molecule has 3 rings (SSSR count). The number of ether oxygens (including phenoxy) is 1. The third-order valence-corrected chi connectivity index (χ3v) is 6.62. The number of sulfonamides is 1. The highest BCUT2D eigenvalue weighted by Crippen LogP contribution is 2.28. The van der Waals surface area contributed by atoms with Gasteiger partial charge in [0.05, 0.1) is 28.8 Å². The number of halogens is 2. The maximum atomic E-state index is 12.6. The largest absolute Gasteiger partial charge is 0.379 e. The Bertz CT molecular complexity index is 889. The first-order valence-corrected chi connectivity index (χ1v) is 11.5. The van der Waals surface area contributed by atoms with Crippen molar-refractivity contribution in [1.29, 1.82) is 0 Å². The molecule has 0 atom stereocenters. The predicted molar refractivity (Wildman–Crippen MR) is 116 cm³/mol. The van der Waals surface area contributed by atoms with Crippen LogP contribution in [-0.4, -0.2) is 52.7 Å². The Kier molecular flexibility index (Phi) is 7.35. The van der Waals surface area contributed by atoms with Crippen LogP contribution in [-0.2, 0) is 14.8 Å². The summed E-state index contributed by atoms with van der Waals surface area (Å²) >= 11 is 8.43. The second-order valence-corrected chi connectivity index (χ2v) is 9.55. The number of morpholine rings is 1. The van der Waals surface area contributed by atoms with E-state index in [2.05, 4.69) is 37.5 Å². The summed E-state index contributed by atoms with van der Waals surface area (Å²) in [6.45, 7) is 4.08. The van der Waals surface area contributed by atoms with Crippen molar-refractivity contribution in [2.24, 2.45) is 0 Å². The van der Waals surface area contributed by atoms with Gasteiger partial charge in [-0.2, -0.15) is 0 Å². The van der Waals surface area contributed by atoms with E-state index in [0.29, 0.717) is 37.0 Å². The molecule has 0 saturated carbocycles. The van der Waals surface area contributed by atoms with Crippen molar-refractivity contribution in [3.63, 3.8) is 0 Å². The average Bonchev–Trinajstić information content (AvgIpc) is 2.65. The molecule has 1 heterocycles. The number of hydrogen-bond acceptors (Lipinski definition) is 5. The predicted octanol–water partition coefficient (Wildman–Crippen LogP) is 3.30. The van der Waals surface area contributed by atoms with Crippen LogP contribution >= 0.6 is 34.2 Å². The zero-order chi connectivity index (χ0) is 19.3. The summed E-state index contributed by atoms with van der Waals surface area (Å²) < 4.78 is 34.2. The first-order chi connectivity index (χ1) is 12.9. The van der Waals surface area contributed by atoms with Gasteiger partial charge in [0.15, 0.2) is 0 Å². The fourth-order valence-corrected chi connectivity index (χ4v) is 4.70. The SMILES string of the molecule is O=S(=O)(NCCN1CCOCC1)c1cccc(Nc2ccc(I)cc2Cl)c1. The molecule has 6 nitrogen and oxygen atoms in total. The van der Waals surface area contributed by atoms with Crippen molar-refractivity contribution >= 4 is 55.6 Å². The smallest absolute Gasteiger partial charge is 0.240 e. The Morgan fingerprint density at radius 2 is 1.93 bits per heavy atom. The van der Waals surface area contributed by atoms with Crippen LogP contribution in [0.4, 0.5) is 11.4 Å². The van der Waals surface area contributed by atoms with Gasteiger partial charge in [0.1, 0.15) is 0 Å². The van der Waals surface area contributed by atoms with Gasteiger partial charge in [0.2, 0.25) is 10.0 Å². The topological polar surface area (TPSA) is 70.7 Å². The van der Waals surface area contributed by atoms with Crippen LogP contribution in [0.2, 0.25) is 5.02 Å². The average molecular weight is 522 g/mol. The van der Waals surface area contributed by atoms with Crippen molar-refractivity contribution in [3.8, 4) is 0 Å². The highest BCUT2D eigenvalue weighted by atomic mass is 127. The lowest BCUT2D eigenvalue weighted by molar-refractivity contribution is 0.0390. The molecule has 27 heavy (non-hydrogen) atoms. The number of rotatable bonds is 7. The zero-order valence-electron chi connectivity index (χ0n) is 14.6. The van der Waals surface area contributed by atoms with Gasteiger partial charge in [0.25, 0.3) is 0 Å². The standard InChI is InChI=1S/C18H21ClIN3O3S/c19-17-12-14(20)4-5-18(17)22-15-2-1-3-16(13-15)27(24,25)21-6-7-23-8-10-26-11-9-23/h1-5,12-13,21-22H,6-11H2. The van der Waals surface area contributed by atoms with Crippen LogP contribution in [0.15, 0.2) is 47.4 Å². The van der Waals surface area contributed by atoms with Crippen LogP contribution in [0, 0.1) is 3.57 Å². The Labute approximate surface area is 178 Å². The maximum absolute atomic E-state index is 12.6. The van der Waals surface area contributed by atoms with E-state index in [1.807, 2.05) is 18.2 Å². The van der Waals surface area contributed by atoms with E-state index in [4.69, 9.17) is 16.3 Å². The minimum atomic E-state index is -3.57. The second-order valence-electron chi connectivity index (χ2n) is 6.13. The molecule has 1 saturated heterocycles. The molecule has 0 bridgehead atoms. The molecule has 0 aromatic heterocycles. The van der Waals surface area contributed by atoms with Gasteiger partial charge < -0.3 is 10.1 Å². The van der Waals surface area contributed by atoms with Gasteiger partial charge in [-0.1, -0.05) is 17.7 Å². The molecular weight excluding hydrogens is 501 g/mol. The van der Waals surface area contributed by atoms with Gasteiger partial charge in [-0.25, -0.2) is 13.1 Å². The van der Waals surface area contributed by atoms with Gasteiger partial charge in [0, 0.05) is 35.4 Å². The van der Waals surface area contributed by atoms with Gasteiger partial charge in [-0.3, -0.25) is 4.90 Å². The monoisotopic (exact) mass is 521 g/mol. The van der Waals surface area contributed by atoms with Gasteiger partial charge in [-0.15, -0.1) is 0 Å². The third kappa shape index (κ3) is 6.03. The van der Waals surface area contributed by atoms with E-state index in [-0.39, 0.29) is 4.90 Å². The molecule has 0 aliphatic carbocycles. The third-order valence-electron chi connectivity index (χ3n) is 4.18. The first kappa shape index (κ1) is 20.8. The van der Waals surface area contributed by atoms with Crippen molar-refractivity contribution in [3.05, 3.63) is 51.1 Å². The second kappa shape index (κ2) is 9.53. The number of anilines is 2. The Morgan fingerprint density at radius 1 is 1.15 bits per heavy atom. The molecule has 2 N–H and O–H groups in total. The van der Waals surface area contributed by atoms with E-state index in [1.165, 1.54) is 0 Å². The maximum Gasteiger partial charge on any atom is 0.240 e. The van der Waals surface area contributed by atoms with E-state index < -0.39 is 10.0 Å². The van der Waals surface area contributed by atoms with Crippen molar-refractivity contribution in [1.82, 2.24) is 9.62 Å². The van der Waals surface area contributed by atoms with Crippen LogP contribution in [0.1, 0.15) is 0 Å². The highest BCUT2D eigenvalue weighted by molar-refractivity contribution is 14.1. The number of nitrogens with zero attached hydrogens (tertiary/aromatic N) is 1. The Morgan fingerprint density at radius 3 is 2.67 bits per heavy atom. The van der Waals surface area contributed by atoms with Crippen LogP contribution < -0.4 is 10.0 Å². The lowest BCUT2D eigenvalue weighted by Gasteiger charge is -2.26. The quantitative estimate of drug-likeness (QED) is 0.547. The van der Waals surface area contributed by atoms with Crippen LogP contribution in [0.25, 0.3) is 0 Å². The summed E-state index contributed by atoms with van der Waals surface area (Å²) in [6.07, 6.45) is 0. The van der Waals surface area contributed by atoms with Crippen molar-refractivity contribution in [2.75, 3.05) is 44.7 Å². The first-order valence-electron chi connectivity index (χ1n) is 8.56. The van der Waals surface area contributed by atoms with Crippen molar-refractivity contribution < 1.29 is 13.2 Å². The number of benzene rings is 2. The molecular formula is C18H21ClIN3O3S. The summed E-state index contributed by atoms with van der Waals surface area (Å²) in [5, 5.41) is 3.75. The summed E-state index contributed by atoms with van der Waals surface area (Å²) in [7, 11) is -3.57. The molecule has 0 unspecified atom stereocenters. The van der Waals surface area contributed by atoms with Gasteiger partial charge >= 0.3 is 0 Å². The Hall–Kier alpha value is -0.910. The lowest BCUT2D eigenvalue weighted by Crippen LogP contribution is -2.41. The fraction of sp³-hybridized carbons (Fsp3) is 0.333. The minimum absolute atomic E-state index is 0.219. The summed E-state index contributed by atoms with van der Waals surface area (Å²) in [5.74, 6) is 0. The molecule has 2 aromatic carbocycles. The Balaban J connectivity index is 1.64. The van der Waals surface area contributed by atoms with E-state index in [9.17, 15) is 8.42 Å². The fourth-order valence-electron chi connectivity index (χ4n) is 2.73. The molecule has 1 fully saturated rings. The zero-order valence-corrected chi connectivity index (χ0v) is 18.4. The molecule has 0 spiro atoms. The molecule has 1 aliphatic rings. The van der Waals surface area contributed by atoms with Gasteiger partial charge in [-0.05, 0) is 59.0 Å². The summed E-state index contributed by atoms with van der Waals surface area (Å²) in [4.78, 5) is 2.40. The normalized spacial score (nSPS) is 15.6. The lowest BCUT2D eigenvalue weighted by atomic mass is 10.2. The van der Waals surface area contributed by atoms with E-state index in [0.717, 1.165) is 22.3 Å². The number of nitrogens with one attached hydrogen (secondary N) is 2. The highest BCUT2D eigenvalue weighted by Gasteiger charge is 2.16. The molecule has 2 aromatic rings.